The van der Waals surface area contributed by atoms with Crippen molar-refractivity contribution in [1.82, 2.24) is 10.2 Å². The highest BCUT2D eigenvalue weighted by Gasteiger charge is 2.50. The van der Waals surface area contributed by atoms with Gasteiger partial charge in [0.25, 0.3) is 0 Å². The smallest absolute Gasteiger partial charge is 0.307 e. The van der Waals surface area contributed by atoms with Gasteiger partial charge < -0.3 is 15.2 Å². The van der Waals surface area contributed by atoms with Crippen LogP contribution in [0.25, 0.3) is 0 Å². The van der Waals surface area contributed by atoms with Gasteiger partial charge in [-0.15, -0.1) is 0 Å². The van der Waals surface area contributed by atoms with Gasteiger partial charge in [0.05, 0.1) is 25.0 Å². The van der Waals surface area contributed by atoms with Crippen LogP contribution in [0.15, 0.2) is 0 Å². The van der Waals surface area contributed by atoms with Crippen LogP contribution in [0.5, 0.6) is 0 Å². The summed E-state index contributed by atoms with van der Waals surface area (Å²) in [7, 11) is 0. The number of hydrogen-bond donors (Lipinski definition) is 2. The second-order valence-corrected chi connectivity index (χ2v) is 6.81. The van der Waals surface area contributed by atoms with Gasteiger partial charge in [0, 0.05) is 26.2 Å². The van der Waals surface area contributed by atoms with E-state index in [1.54, 1.807) is 0 Å². The van der Waals surface area contributed by atoms with E-state index in [0.29, 0.717) is 6.54 Å². The first-order chi connectivity index (χ1) is 10.7. The van der Waals surface area contributed by atoms with E-state index in [0.717, 1.165) is 58.5 Å². The predicted molar refractivity (Wildman–Crippen MR) is 80.3 cm³/mol. The number of rotatable bonds is 5. The molecule has 4 rings (SSSR count). The fourth-order valence-corrected chi connectivity index (χ4v) is 4.46. The average Bonchev–Trinajstić information content (AvgIpc) is 2.55. The number of amides is 1. The summed E-state index contributed by atoms with van der Waals surface area (Å²) in [5.41, 5.74) is 0. The fraction of sp³-hybridized carbons (Fsp3) is 0.875. The number of carboxylic acids is 1. The second-order valence-electron chi connectivity index (χ2n) is 6.81. The average molecular weight is 310 g/mol. The first-order valence-corrected chi connectivity index (χ1v) is 8.47. The van der Waals surface area contributed by atoms with E-state index in [2.05, 4.69) is 10.2 Å². The summed E-state index contributed by atoms with van der Waals surface area (Å²) in [5, 5.41) is 12.5. The van der Waals surface area contributed by atoms with Gasteiger partial charge in [0.1, 0.15) is 0 Å². The van der Waals surface area contributed by atoms with E-state index in [1.807, 2.05) is 0 Å². The molecule has 0 aromatic rings. The number of nitrogens with zero attached hydrogens (tertiary/aromatic N) is 1. The Bertz CT molecular complexity index is 414. The molecule has 124 valence electrons. The summed E-state index contributed by atoms with van der Waals surface area (Å²) >= 11 is 0. The first kappa shape index (κ1) is 15.7. The molecule has 0 aromatic heterocycles. The molecule has 2 unspecified atom stereocenters. The first-order valence-electron chi connectivity index (χ1n) is 8.47. The van der Waals surface area contributed by atoms with Crippen molar-refractivity contribution in [1.29, 1.82) is 0 Å². The SMILES string of the molecule is O=C(O)C1C2CCC(CC2)C1C(=O)NCCN1CCOCC1. The molecule has 1 aliphatic heterocycles. The van der Waals surface area contributed by atoms with Crippen LogP contribution in [0, 0.1) is 23.7 Å². The number of carbonyl (C=O) groups is 2. The van der Waals surface area contributed by atoms with Gasteiger partial charge in [0.2, 0.25) is 5.91 Å². The zero-order valence-electron chi connectivity index (χ0n) is 13.0. The largest absolute Gasteiger partial charge is 0.481 e. The van der Waals surface area contributed by atoms with Gasteiger partial charge in [-0.25, -0.2) is 0 Å². The molecule has 22 heavy (non-hydrogen) atoms. The molecule has 1 amide bonds. The number of aliphatic carboxylic acids is 1. The number of carbonyl (C=O) groups excluding carboxylic acids is 1. The minimum Gasteiger partial charge on any atom is -0.481 e. The van der Waals surface area contributed by atoms with Crippen molar-refractivity contribution in [3.05, 3.63) is 0 Å². The summed E-state index contributed by atoms with van der Waals surface area (Å²) < 4.78 is 5.30. The fourth-order valence-electron chi connectivity index (χ4n) is 4.46. The summed E-state index contributed by atoms with van der Waals surface area (Å²) in [5.74, 6) is -1.18. The molecule has 0 radical (unpaired) electrons. The van der Waals surface area contributed by atoms with E-state index < -0.39 is 11.9 Å². The monoisotopic (exact) mass is 310 g/mol. The third-order valence-electron chi connectivity index (χ3n) is 5.64. The van der Waals surface area contributed by atoms with E-state index in [9.17, 15) is 14.7 Å². The number of nitrogens with one attached hydrogen (secondary N) is 1. The normalized spacial score (nSPS) is 35.3. The molecule has 6 nitrogen and oxygen atoms in total. The van der Waals surface area contributed by atoms with Crippen LogP contribution in [0.2, 0.25) is 0 Å². The van der Waals surface area contributed by atoms with Crippen molar-refractivity contribution >= 4 is 11.9 Å². The standard InChI is InChI=1S/C16H26N2O4/c19-15(17-5-6-18-7-9-22-10-8-18)13-11-1-3-12(4-2-11)14(13)16(20)21/h11-14H,1-10H2,(H,17,19)(H,20,21). The van der Waals surface area contributed by atoms with Gasteiger partial charge in [-0.1, -0.05) is 0 Å². The number of carboxylic acid groups (broad SMARTS) is 1. The van der Waals surface area contributed by atoms with Gasteiger partial charge in [0.15, 0.2) is 0 Å². The quantitative estimate of drug-likeness (QED) is 0.776. The molecule has 0 aromatic carbocycles. The molecule has 2 atom stereocenters. The molecular weight excluding hydrogens is 284 g/mol. The van der Waals surface area contributed by atoms with Crippen LogP contribution >= 0.6 is 0 Å². The van der Waals surface area contributed by atoms with Crippen molar-refractivity contribution in [3.8, 4) is 0 Å². The van der Waals surface area contributed by atoms with Crippen LogP contribution in [0.4, 0.5) is 0 Å². The van der Waals surface area contributed by atoms with Gasteiger partial charge in [-0.05, 0) is 37.5 Å². The molecular formula is C16H26N2O4. The van der Waals surface area contributed by atoms with Crippen molar-refractivity contribution in [2.24, 2.45) is 23.7 Å². The zero-order valence-corrected chi connectivity index (χ0v) is 13.0. The maximum absolute atomic E-state index is 12.5. The summed E-state index contributed by atoms with van der Waals surface area (Å²) in [6.07, 6.45) is 3.96. The second kappa shape index (κ2) is 6.96. The van der Waals surface area contributed by atoms with Crippen molar-refractivity contribution < 1.29 is 19.4 Å². The van der Waals surface area contributed by atoms with Crippen LogP contribution in [-0.4, -0.2) is 61.3 Å². The topological polar surface area (TPSA) is 78.9 Å². The van der Waals surface area contributed by atoms with Crippen molar-refractivity contribution in [3.63, 3.8) is 0 Å². The lowest BCUT2D eigenvalue weighted by Crippen LogP contribution is -2.51. The lowest BCUT2D eigenvalue weighted by molar-refractivity contribution is -0.158. The summed E-state index contributed by atoms with van der Waals surface area (Å²) in [4.78, 5) is 26.4. The Labute approximate surface area is 131 Å². The Kier molecular flexibility index (Phi) is 4.98. The molecule has 1 saturated heterocycles. The highest BCUT2D eigenvalue weighted by Crippen LogP contribution is 2.49. The Morgan fingerprint density at radius 3 is 2.23 bits per heavy atom. The maximum atomic E-state index is 12.5. The Balaban J connectivity index is 1.52. The molecule has 0 spiro atoms. The number of ether oxygens (including phenoxy) is 1. The highest BCUT2D eigenvalue weighted by molar-refractivity contribution is 5.85. The van der Waals surface area contributed by atoms with Crippen LogP contribution < -0.4 is 5.32 Å². The minimum atomic E-state index is -0.789. The number of hydrogen-bond acceptors (Lipinski definition) is 4. The van der Waals surface area contributed by atoms with E-state index in [4.69, 9.17) is 4.74 Å². The lowest BCUT2D eigenvalue weighted by Gasteiger charge is -2.45. The Hall–Kier alpha value is -1.14. The molecule has 1 heterocycles. The Morgan fingerprint density at radius 2 is 1.64 bits per heavy atom. The molecule has 4 fully saturated rings. The third-order valence-corrected chi connectivity index (χ3v) is 5.64. The molecule has 2 N–H and O–H groups in total. The molecule has 3 aliphatic carbocycles. The predicted octanol–water partition coefficient (Wildman–Crippen LogP) is 0.572. The molecule has 2 bridgehead atoms. The van der Waals surface area contributed by atoms with Gasteiger partial charge in [-0.3, -0.25) is 14.5 Å². The van der Waals surface area contributed by atoms with Crippen molar-refractivity contribution in [2.45, 2.75) is 25.7 Å². The summed E-state index contributed by atoms with van der Waals surface area (Å²) in [6, 6.07) is 0. The maximum Gasteiger partial charge on any atom is 0.307 e. The van der Waals surface area contributed by atoms with E-state index in [1.165, 1.54) is 0 Å². The van der Waals surface area contributed by atoms with Crippen LogP contribution in [-0.2, 0) is 14.3 Å². The summed E-state index contributed by atoms with van der Waals surface area (Å²) in [6.45, 7) is 4.72. The number of morpholine rings is 1. The van der Waals surface area contributed by atoms with Crippen LogP contribution in [0.1, 0.15) is 25.7 Å². The number of fused-ring (bicyclic) bond motifs is 3. The van der Waals surface area contributed by atoms with Gasteiger partial charge >= 0.3 is 5.97 Å². The van der Waals surface area contributed by atoms with E-state index in [-0.39, 0.29) is 23.7 Å². The molecule has 3 saturated carbocycles. The minimum absolute atomic E-state index is 0.0462. The zero-order chi connectivity index (χ0) is 15.5. The Morgan fingerprint density at radius 1 is 1.05 bits per heavy atom. The lowest BCUT2D eigenvalue weighted by atomic mass is 9.58. The van der Waals surface area contributed by atoms with E-state index >= 15 is 0 Å². The van der Waals surface area contributed by atoms with Crippen molar-refractivity contribution in [2.75, 3.05) is 39.4 Å². The highest BCUT2D eigenvalue weighted by atomic mass is 16.5. The molecule has 4 aliphatic rings. The van der Waals surface area contributed by atoms with Gasteiger partial charge in [-0.2, -0.15) is 0 Å². The molecule has 6 heteroatoms. The third kappa shape index (κ3) is 3.27. The van der Waals surface area contributed by atoms with Crippen LogP contribution in [0.3, 0.4) is 0 Å².